The molecule has 0 fully saturated rings. The van der Waals surface area contributed by atoms with Crippen LogP contribution >= 0.6 is 0 Å². The van der Waals surface area contributed by atoms with Crippen LogP contribution in [0.15, 0.2) is 18.3 Å². The van der Waals surface area contributed by atoms with Gasteiger partial charge in [-0.2, -0.15) is 0 Å². The molecule has 1 unspecified atom stereocenters. The van der Waals surface area contributed by atoms with E-state index in [-0.39, 0.29) is 24.5 Å². The average Bonchev–Trinajstić information content (AvgIpc) is 2.83. The van der Waals surface area contributed by atoms with Gasteiger partial charge in [0, 0.05) is 18.3 Å². The summed E-state index contributed by atoms with van der Waals surface area (Å²) in [5.41, 5.74) is 0.538. The molecule has 1 aromatic rings. The zero-order valence-electron chi connectivity index (χ0n) is 12.0. The first-order chi connectivity index (χ1) is 8.88. The molecule has 106 valence electrons. The van der Waals surface area contributed by atoms with Crippen molar-refractivity contribution >= 4 is 11.9 Å². The number of carboxylic acid groups (broad SMARTS) is 1. The van der Waals surface area contributed by atoms with E-state index in [9.17, 15) is 9.59 Å². The molecular formula is C14H22N2O3. The van der Waals surface area contributed by atoms with Crippen molar-refractivity contribution in [2.75, 3.05) is 6.54 Å². The molecule has 1 N–H and O–H groups in total. The largest absolute Gasteiger partial charge is 0.480 e. The van der Waals surface area contributed by atoms with Crippen LogP contribution in [0.1, 0.15) is 50.6 Å². The standard InChI is InChI=1S/C14H22N2O3/c1-5-11(4)16(9-13(17)18)14(19)12-7-6-8-15(12)10(2)3/h6-8,10-11H,5,9H2,1-4H3,(H,17,18). The summed E-state index contributed by atoms with van der Waals surface area (Å²) in [7, 11) is 0. The Morgan fingerprint density at radius 3 is 2.47 bits per heavy atom. The molecule has 1 rings (SSSR count). The second kappa shape index (κ2) is 6.41. The molecule has 0 bridgehead atoms. The predicted molar refractivity (Wildman–Crippen MR) is 73.2 cm³/mol. The third-order valence-corrected chi connectivity index (χ3v) is 3.24. The van der Waals surface area contributed by atoms with Crippen molar-refractivity contribution in [3.8, 4) is 0 Å². The number of hydrogen-bond acceptors (Lipinski definition) is 2. The number of nitrogens with zero attached hydrogens (tertiary/aromatic N) is 2. The maximum absolute atomic E-state index is 12.5. The smallest absolute Gasteiger partial charge is 0.323 e. The topological polar surface area (TPSA) is 62.5 Å². The molecule has 5 nitrogen and oxygen atoms in total. The third-order valence-electron chi connectivity index (χ3n) is 3.24. The van der Waals surface area contributed by atoms with E-state index in [4.69, 9.17) is 5.11 Å². The van der Waals surface area contributed by atoms with E-state index >= 15 is 0 Å². The van der Waals surface area contributed by atoms with Crippen LogP contribution in [-0.4, -0.2) is 39.0 Å². The van der Waals surface area contributed by atoms with Crippen LogP contribution in [0.2, 0.25) is 0 Å². The first kappa shape index (κ1) is 15.3. The van der Waals surface area contributed by atoms with Gasteiger partial charge in [0.25, 0.3) is 5.91 Å². The van der Waals surface area contributed by atoms with Crippen LogP contribution < -0.4 is 0 Å². The van der Waals surface area contributed by atoms with Crippen molar-refractivity contribution in [2.45, 2.75) is 46.2 Å². The van der Waals surface area contributed by atoms with Crippen LogP contribution in [0.3, 0.4) is 0 Å². The molecule has 1 aromatic heterocycles. The highest BCUT2D eigenvalue weighted by atomic mass is 16.4. The Balaban J connectivity index is 3.05. The first-order valence-electron chi connectivity index (χ1n) is 6.58. The van der Waals surface area contributed by atoms with Crippen molar-refractivity contribution in [2.24, 2.45) is 0 Å². The third kappa shape index (κ3) is 3.59. The fourth-order valence-electron chi connectivity index (χ4n) is 1.97. The number of carboxylic acids is 1. The van der Waals surface area contributed by atoms with Crippen LogP contribution in [0, 0.1) is 0 Å². The van der Waals surface area contributed by atoms with E-state index in [0.29, 0.717) is 5.69 Å². The SMILES string of the molecule is CCC(C)N(CC(=O)O)C(=O)c1cccn1C(C)C. The van der Waals surface area contributed by atoms with Gasteiger partial charge in [-0.25, -0.2) is 0 Å². The number of carbonyl (C=O) groups excluding carboxylic acids is 1. The van der Waals surface area contributed by atoms with Gasteiger partial charge in [-0.15, -0.1) is 0 Å². The summed E-state index contributed by atoms with van der Waals surface area (Å²) in [6, 6.07) is 3.61. The van der Waals surface area contributed by atoms with Crippen molar-refractivity contribution in [1.82, 2.24) is 9.47 Å². The number of aliphatic carboxylic acids is 1. The van der Waals surface area contributed by atoms with Gasteiger partial charge in [0.2, 0.25) is 0 Å². The fourth-order valence-corrected chi connectivity index (χ4v) is 1.97. The van der Waals surface area contributed by atoms with Crippen molar-refractivity contribution in [1.29, 1.82) is 0 Å². The van der Waals surface area contributed by atoms with Crippen LogP contribution in [-0.2, 0) is 4.79 Å². The Morgan fingerprint density at radius 2 is 2.00 bits per heavy atom. The number of aromatic nitrogens is 1. The summed E-state index contributed by atoms with van der Waals surface area (Å²) >= 11 is 0. The summed E-state index contributed by atoms with van der Waals surface area (Å²) in [5.74, 6) is -1.22. The Bertz CT molecular complexity index is 451. The lowest BCUT2D eigenvalue weighted by molar-refractivity contribution is -0.138. The molecule has 0 aliphatic carbocycles. The van der Waals surface area contributed by atoms with Crippen molar-refractivity contribution < 1.29 is 14.7 Å². The van der Waals surface area contributed by atoms with E-state index in [1.165, 1.54) is 4.90 Å². The van der Waals surface area contributed by atoms with Gasteiger partial charge in [0.15, 0.2) is 0 Å². The molecule has 0 aliphatic rings. The van der Waals surface area contributed by atoms with E-state index in [1.54, 1.807) is 6.07 Å². The highest BCUT2D eigenvalue weighted by Gasteiger charge is 2.25. The van der Waals surface area contributed by atoms with Crippen molar-refractivity contribution in [3.63, 3.8) is 0 Å². The Labute approximate surface area is 113 Å². The molecule has 0 radical (unpaired) electrons. The molecule has 0 aromatic carbocycles. The van der Waals surface area contributed by atoms with Gasteiger partial charge in [0.1, 0.15) is 12.2 Å². The van der Waals surface area contributed by atoms with Crippen LogP contribution in [0.5, 0.6) is 0 Å². The van der Waals surface area contributed by atoms with E-state index in [1.807, 2.05) is 44.5 Å². The lowest BCUT2D eigenvalue weighted by atomic mass is 10.2. The normalized spacial score (nSPS) is 12.5. The second-order valence-corrected chi connectivity index (χ2v) is 4.98. The van der Waals surface area contributed by atoms with Gasteiger partial charge >= 0.3 is 5.97 Å². The molecule has 1 atom stereocenters. The molecular weight excluding hydrogens is 244 g/mol. The van der Waals surface area contributed by atoms with Gasteiger partial charge < -0.3 is 14.6 Å². The second-order valence-electron chi connectivity index (χ2n) is 4.98. The summed E-state index contributed by atoms with van der Waals surface area (Å²) in [5, 5.41) is 8.95. The minimum Gasteiger partial charge on any atom is -0.480 e. The van der Waals surface area contributed by atoms with Crippen LogP contribution in [0.4, 0.5) is 0 Å². The average molecular weight is 266 g/mol. The minimum absolute atomic E-state index is 0.0980. The zero-order chi connectivity index (χ0) is 14.6. The fraction of sp³-hybridized carbons (Fsp3) is 0.571. The Kier molecular flexibility index (Phi) is 5.15. The number of hydrogen-bond donors (Lipinski definition) is 1. The Hall–Kier alpha value is -1.78. The molecule has 0 saturated carbocycles. The lowest BCUT2D eigenvalue weighted by Gasteiger charge is -2.27. The monoisotopic (exact) mass is 266 g/mol. The Morgan fingerprint density at radius 1 is 1.37 bits per heavy atom. The maximum Gasteiger partial charge on any atom is 0.323 e. The zero-order valence-corrected chi connectivity index (χ0v) is 12.0. The molecule has 19 heavy (non-hydrogen) atoms. The summed E-state index contributed by atoms with van der Waals surface area (Å²) in [6.07, 6.45) is 2.56. The van der Waals surface area contributed by atoms with Gasteiger partial charge in [-0.3, -0.25) is 9.59 Å². The predicted octanol–water partition coefficient (Wildman–Crippen LogP) is 2.39. The van der Waals surface area contributed by atoms with E-state index < -0.39 is 5.97 Å². The summed E-state index contributed by atoms with van der Waals surface area (Å²) in [6.45, 7) is 7.51. The number of rotatable bonds is 6. The lowest BCUT2D eigenvalue weighted by Crippen LogP contribution is -2.42. The number of amides is 1. The van der Waals surface area contributed by atoms with Gasteiger partial charge in [-0.1, -0.05) is 6.92 Å². The molecule has 5 heteroatoms. The van der Waals surface area contributed by atoms with E-state index in [0.717, 1.165) is 6.42 Å². The van der Waals surface area contributed by atoms with Crippen molar-refractivity contribution in [3.05, 3.63) is 24.0 Å². The molecule has 1 amide bonds. The molecule has 0 spiro atoms. The van der Waals surface area contributed by atoms with Gasteiger partial charge in [0.05, 0.1) is 0 Å². The summed E-state index contributed by atoms with van der Waals surface area (Å²) in [4.78, 5) is 24.8. The quantitative estimate of drug-likeness (QED) is 0.860. The van der Waals surface area contributed by atoms with Crippen LogP contribution in [0.25, 0.3) is 0 Å². The highest BCUT2D eigenvalue weighted by molar-refractivity contribution is 5.94. The highest BCUT2D eigenvalue weighted by Crippen LogP contribution is 2.15. The first-order valence-corrected chi connectivity index (χ1v) is 6.58. The van der Waals surface area contributed by atoms with E-state index in [2.05, 4.69) is 0 Å². The summed E-state index contributed by atoms with van der Waals surface area (Å²) < 4.78 is 1.86. The van der Waals surface area contributed by atoms with Gasteiger partial charge in [-0.05, 0) is 39.3 Å². The maximum atomic E-state index is 12.5. The number of carbonyl (C=O) groups is 2. The molecule has 0 saturated heterocycles. The molecule has 1 heterocycles. The minimum atomic E-state index is -0.990. The molecule has 0 aliphatic heterocycles.